The van der Waals surface area contributed by atoms with E-state index in [4.69, 9.17) is 9.47 Å². The number of thiazole rings is 1. The van der Waals surface area contributed by atoms with Gasteiger partial charge in [-0.15, -0.1) is 0 Å². The predicted octanol–water partition coefficient (Wildman–Crippen LogP) is 3.48. The highest BCUT2D eigenvalue weighted by Crippen LogP contribution is 2.42. The molecule has 0 saturated carbocycles. The number of carbonyl (C=O) groups excluding carboxylic acids is 1. The minimum Gasteiger partial charge on any atom is -0.492 e. The fraction of sp³-hybridized carbons (Fsp3) is 0.333. The summed E-state index contributed by atoms with van der Waals surface area (Å²) < 4.78 is 11.1. The second-order valence-corrected chi connectivity index (χ2v) is 5.38. The molecule has 0 aliphatic heterocycles. The van der Waals surface area contributed by atoms with Crippen molar-refractivity contribution in [2.45, 2.75) is 20.8 Å². The van der Waals surface area contributed by atoms with Crippen LogP contribution in [0.15, 0.2) is 18.2 Å². The second-order valence-electron chi connectivity index (χ2n) is 4.38. The van der Waals surface area contributed by atoms with Crippen molar-refractivity contribution in [2.75, 3.05) is 19.0 Å². The molecule has 0 spiro atoms. The first-order chi connectivity index (χ1) is 10.1. The standard InChI is InChI=1S/C15H18N2O3S/c1-5-20-12-8-6-7-11(13(12)19-4)14-9(2)16-15(21-14)17-10(3)18/h6-8H,5H2,1-4H3,(H,16,17,18). The minimum atomic E-state index is -0.134. The summed E-state index contributed by atoms with van der Waals surface area (Å²) in [6.45, 7) is 5.87. The van der Waals surface area contributed by atoms with Gasteiger partial charge in [-0.05, 0) is 26.0 Å². The maximum Gasteiger partial charge on any atom is 0.223 e. The maximum absolute atomic E-state index is 11.1. The number of ether oxygens (including phenoxy) is 2. The Labute approximate surface area is 127 Å². The Morgan fingerprint density at radius 2 is 2.19 bits per heavy atom. The fourth-order valence-corrected chi connectivity index (χ4v) is 3.06. The van der Waals surface area contributed by atoms with E-state index in [-0.39, 0.29) is 5.91 Å². The van der Waals surface area contributed by atoms with Crippen molar-refractivity contribution in [1.29, 1.82) is 0 Å². The van der Waals surface area contributed by atoms with Gasteiger partial charge in [0.25, 0.3) is 0 Å². The number of hydrogen-bond acceptors (Lipinski definition) is 5. The Morgan fingerprint density at radius 3 is 2.81 bits per heavy atom. The Kier molecular flexibility index (Phi) is 4.80. The molecule has 1 amide bonds. The Hall–Kier alpha value is -2.08. The molecular weight excluding hydrogens is 288 g/mol. The number of carbonyl (C=O) groups is 1. The fourth-order valence-electron chi connectivity index (χ4n) is 2.02. The third-order valence-corrected chi connectivity index (χ3v) is 3.91. The van der Waals surface area contributed by atoms with Crippen molar-refractivity contribution in [3.63, 3.8) is 0 Å². The quantitative estimate of drug-likeness (QED) is 0.918. The minimum absolute atomic E-state index is 0.134. The van der Waals surface area contributed by atoms with Crippen LogP contribution in [0, 0.1) is 6.92 Å². The lowest BCUT2D eigenvalue weighted by atomic mass is 10.1. The van der Waals surface area contributed by atoms with Crippen LogP contribution in [-0.4, -0.2) is 24.6 Å². The van der Waals surface area contributed by atoms with Crippen molar-refractivity contribution < 1.29 is 14.3 Å². The van der Waals surface area contributed by atoms with Crippen molar-refractivity contribution in [2.24, 2.45) is 0 Å². The largest absolute Gasteiger partial charge is 0.492 e. The van der Waals surface area contributed by atoms with Crippen molar-refractivity contribution in [1.82, 2.24) is 4.98 Å². The summed E-state index contributed by atoms with van der Waals surface area (Å²) in [7, 11) is 1.62. The smallest absolute Gasteiger partial charge is 0.223 e. The topological polar surface area (TPSA) is 60.5 Å². The van der Waals surface area contributed by atoms with Crippen LogP contribution >= 0.6 is 11.3 Å². The molecule has 0 fully saturated rings. The zero-order chi connectivity index (χ0) is 15.4. The molecule has 2 aromatic rings. The van der Waals surface area contributed by atoms with E-state index in [1.54, 1.807) is 7.11 Å². The highest BCUT2D eigenvalue weighted by atomic mass is 32.1. The van der Waals surface area contributed by atoms with Crippen molar-refractivity contribution in [3.8, 4) is 21.9 Å². The lowest BCUT2D eigenvalue weighted by Gasteiger charge is -2.12. The van der Waals surface area contributed by atoms with E-state index < -0.39 is 0 Å². The van der Waals surface area contributed by atoms with Gasteiger partial charge in [-0.3, -0.25) is 4.79 Å². The lowest BCUT2D eigenvalue weighted by molar-refractivity contribution is -0.114. The molecule has 112 valence electrons. The average Bonchev–Trinajstić information content (AvgIpc) is 2.78. The number of aryl methyl sites for hydroxylation is 1. The number of benzene rings is 1. The summed E-state index contributed by atoms with van der Waals surface area (Å²) in [4.78, 5) is 16.5. The van der Waals surface area contributed by atoms with E-state index in [1.165, 1.54) is 18.3 Å². The number of methoxy groups -OCH3 is 1. The van der Waals surface area contributed by atoms with Gasteiger partial charge in [-0.2, -0.15) is 0 Å². The van der Waals surface area contributed by atoms with Gasteiger partial charge in [-0.25, -0.2) is 4.98 Å². The van der Waals surface area contributed by atoms with Crippen LogP contribution in [0.2, 0.25) is 0 Å². The number of rotatable bonds is 5. The van der Waals surface area contributed by atoms with E-state index in [2.05, 4.69) is 10.3 Å². The molecule has 1 aromatic heterocycles. The van der Waals surface area contributed by atoms with Crippen LogP contribution in [0.25, 0.3) is 10.4 Å². The van der Waals surface area contributed by atoms with E-state index in [9.17, 15) is 4.79 Å². The molecule has 1 aromatic carbocycles. The Balaban J connectivity index is 2.48. The lowest BCUT2D eigenvalue weighted by Crippen LogP contribution is -2.04. The van der Waals surface area contributed by atoms with Gasteiger partial charge in [0.05, 0.1) is 24.3 Å². The zero-order valence-corrected chi connectivity index (χ0v) is 13.3. The van der Waals surface area contributed by atoms with Gasteiger partial charge in [0.1, 0.15) is 0 Å². The van der Waals surface area contributed by atoms with Gasteiger partial charge in [0.15, 0.2) is 16.6 Å². The average molecular weight is 306 g/mol. The number of aromatic nitrogens is 1. The zero-order valence-electron chi connectivity index (χ0n) is 12.5. The summed E-state index contributed by atoms with van der Waals surface area (Å²) >= 11 is 1.42. The third kappa shape index (κ3) is 3.33. The SMILES string of the molecule is CCOc1cccc(-c2sc(NC(C)=O)nc2C)c1OC. The molecular formula is C15H18N2O3S. The number of hydrogen-bond donors (Lipinski definition) is 1. The van der Waals surface area contributed by atoms with E-state index >= 15 is 0 Å². The van der Waals surface area contributed by atoms with E-state index in [0.717, 1.165) is 16.1 Å². The van der Waals surface area contributed by atoms with E-state index in [1.807, 2.05) is 32.0 Å². The summed E-state index contributed by atoms with van der Waals surface area (Å²) in [5, 5.41) is 3.29. The van der Waals surface area contributed by atoms with Crippen molar-refractivity contribution in [3.05, 3.63) is 23.9 Å². The molecule has 0 atom stereocenters. The third-order valence-electron chi connectivity index (χ3n) is 2.81. The molecule has 0 bridgehead atoms. The van der Waals surface area contributed by atoms with Gasteiger partial charge < -0.3 is 14.8 Å². The summed E-state index contributed by atoms with van der Waals surface area (Å²) in [6.07, 6.45) is 0. The first-order valence-corrected chi connectivity index (χ1v) is 7.43. The number of anilines is 1. The van der Waals surface area contributed by atoms with Gasteiger partial charge in [0.2, 0.25) is 5.91 Å². The molecule has 0 aliphatic carbocycles. The maximum atomic E-state index is 11.1. The highest BCUT2D eigenvalue weighted by Gasteiger charge is 2.17. The Morgan fingerprint density at radius 1 is 1.43 bits per heavy atom. The molecule has 0 saturated heterocycles. The monoisotopic (exact) mass is 306 g/mol. The van der Waals surface area contributed by atoms with Gasteiger partial charge in [0, 0.05) is 12.5 Å². The van der Waals surface area contributed by atoms with Crippen LogP contribution in [0.1, 0.15) is 19.5 Å². The number of nitrogens with zero attached hydrogens (tertiary/aromatic N) is 1. The molecule has 2 rings (SSSR count). The van der Waals surface area contributed by atoms with E-state index in [0.29, 0.717) is 23.2 Å². The van der Waals surface area contributed by atoms with Gasteiger partial charge >= 0.3 is 0 Å². The molecule has 6 heteroatoms. The van der Waals surface area contributed by atoms with Crippen LogP contribution < -0.4 is 14.8 Å². The van der Waals surface area contributed by atoms with Crippen LogP contribution in [0.4, 0.5) is 5.13 Å². The summed E-state index contributed by atoms with van der Waals surface area (Å²) in [6, 6.07) is 5.75. The molecule has 21 heavy (non-hydrogen) atoms. The van der Waals surface area contributed by atoms with Crippen LogP contribution in [-0.2, 0) is 4.79 Å². The number of nitrogens with one attached hydrogen (secondary N) is 1. The summed E-state index contributed by atoms with van der Waals surface area (Å²) in [5.41, 5.74) is 1.76. The predicted molar refractivity (Wildman–Crippen MR) is 84.3 cm³/mol. The van der Waals surface area contributed by atoms with Crippen LogP contribution in [0.3, 0.4) is 0 Å². The number of para-hydroxylation sites is 1. The molecule has 5 nitrogen and oxygen atoms in total. The van der Waals surface area contributed by atoms with Gasteiger partial charge in [-0.1, -0.05) is 17.4 Å². The molecule has 0 aliphatic rings. The molecule has 1 heterocycles. The number of amides is 1. The first-order valence-electron chi connectivity index (χ1n) is 6.62. The van der Waals surface area contributed by atoms with Crippen molar-refractivity contribution >= 4 is 22.4 Å². The second kappa shape index (κ2) is 6.58. The summed E-state index contributed by atoms with van der Waals surface area (Å²) in [5.74, 6) is 1.25. The highest BCUT2D eigenvalue weighted by molar-refractivity contribution is 7.19. The first kappa shape index (κ1) is 15.3. The molecule has 0 radical (unpaired) electrons. The Bertz CT molecular complexity index is 652. The molecule has 1 N–H and O–H groups in total. The normalized spacial score (nSPS) is 10.3. The molecule has 0 unspecified atom stereocenters. The van der Waals surface area contributed by atoms with Crippen LogP contribution in [0.5, 0.6) is 11.5 Å².